The number of ether oxygens (including phenoxy) is 4. The van der Waals surface area contributed by atoms with Crippen molar-refractivity contribution < 1.29 is 37.7 Å². The minimum atomic E-state index is -0.640. The molecule has 12 heteroatoms. The largest absolute Gasteiger partial charge is 0.490 e. The molecule has 6 rings (SSSR count). The summed E-state index contributed by atoms with van der Waals surface area (Å²) in [5.74, 6) is 0.151. The number of methoxy groups -OCH3 is 1. The van der Waals surface area contributed by atoms with Crippen LogP contribution in [0.15, 0.2) is 72.8 Å². The number of piperidine rings is 1. The summed E-state index contributed by atoms with van der Waals surface area (Å²) in [6, 6.07) is 23.5. The number of halogens is 1. The number of carbonyl (C=O) groups is 3. The van der Waals surface area contributed by atoms with E-state index in [1.165, 1.54) is 30.6 Å². The van der Waals surface area contributed by atoms with Crippen LogP contribution in [0.25, 0.3) is 21.6 Å². The number of unbranched alkanes of at least 4 members (excludes halogenated alkanes) is 3. The Bertz CT molecular complexity index is 2080. The molecule has 10 nitrogen and oxygen atoms in total. The predicted octanol–water partition coefficient (Wildman–Crippen LogP) is 9.83. The van der Waals surface area contributed by atoms with Crippen molar-refractivity contribution in [1.82, 2.24) is 10.2 Å². The Labute approximate surface area is 337 Å². The molecule has 2 aliphatic heterocycles. The standard InChI is InChI=1S/C45H50FN3O7S/c1-45(2,3)56-44(52)48-33-24-34-18-19-35(25-33)49(34)43(51)40-26-36(30-15-16-32(27-47)37(46)22-30)42(57-40)31-17-20-38(54-21-11-6-5-10-14-41(50)53-4)39(23-31)55-28-29-12-8-7-9-13-29/h7-9,12-13,15-17,20,22-23,26,33-35H,5-6,10-11,14,18-19,21,24-25,28H2,1-4H3,(H,48,52). The number of hydrogen-bond donors (Lipinski definition) is 1. The molecule has 0 spiro atoms. The molecule has 300 valence electrons. The highest BCUT2D eigenvalue weighted by Gasteiger charge is 2.44. The molecule has 4 aromatic rings. The second kappa shape index (κ2) is 18.7. The Morgan fingerprint density at radius 1 is 0.895 bits per heavy atom. The van der Waals surface area contributed by atoms with E-state index in [1.54, 1.807) is 6.07 Å². The summed E-state index contributed by atoms with van der Waals surface area (Å²) in [6.45, 7) is 6.25. The second-order valence-corrected chi connectivity index (χ2v) is 16.6. The molecule has 2 bridgehead atoms. The molecular weight excluding hydrogens is 746 g/mol. The summed E-state index contributed by atoms with van der Waals surface area (Å²) < 4.78 is 38.0. The van der Waals surface area contributed by atoms with E-state index < -0.39 is 17.5 Å². The number of nitriles is 1. The minimum absolute atomic E-state index is 0.0418. The molecule has 2 unspecified atom stereocenters. The van der Waals surface area contributed by atoms with Crippen LogP contribution >= 0.6 is 11.3 Å². The van der Waals surface area contributed by atoms with Crippen molar-refractivity contribution in [1.29, 1.82) is 5.26 Å². The number of rotatable bonds is 15. The van der Waals surface area contributed by atoms with Crippen molar-refractivity contribution in [2.45, 2.75) is 109 Å². The molecule has 2 atom stereocenters. The fourth-order valence-corrected chi connectivity index (χ4v) is 8.67. The van der Waals surface area contributed by atoms with Gasteiger partial charge in [0.15, 0.2) is 11.5 Å². The SMILES string of the molecule is COC(=O)CCCCCCOc1ccc(-c2sc(C(=O)N3C4CCC3CC(NC(=O)OC(C)(C)C)C4)cc2-c2ccc(C#N)c(F)c2)cc1OCc1ccccc1. The molecule has 57 heavy (non-hydrogen) atoms. The van der Waals surface area contributed by atoms with Crippen LogP contribution in [0.3, 0.4) is 0 Å². The normalized spacial score (nSPS) is 17.4. The first-order valence-corrected chi connectivity index (χ1v) is 20.4. The molecule has 0 saturated carbocycles. The van der Waals surface area contributed by atoms with Crippen molar-refractivity contribution in [2.75, 3.05) is 13.7 Å². The van der Waals surface area contributed by atoms with Crippen LogP contribution < -0.4 is 14.8 Å². The average molecular weight is 796 g/mol. The van der Waals surface area contributed by atoms with E-state index in [0.717, 1.165) is 54.5 Å². The molecule has 0 aliphatic carbocycles. The highest BCUT2D eigenvalue weighted by Crippen LogP contribution is 2.45. The van der Waals surface area contributed by atoms with Gasteiger partial charge in [0.1, 0.15) is 24.1 Å². The number of alkyl carbamates (subject to hydrolysis) is 1. The number of esters is 1. The Kier molecular flexibility index (Phi) is 13.5. The lowest BCUT2D eigenvalue weighted by molar-refractivity contribution is -0.140. The average Bonchev–Trinajstić information content (AvgIpc) is 3.75. The smallest absolute Gasteiger partial charge is 0.407 e. The quantitative estimate of drug-likeness (QED) is 0.0931. The maximum atomic E-state index is 15.1. The van der Waals surface area contributed by atoms with Crippen LogP contribution in [0.4, 0.5) is 9.18 Å². The lowest BCUT2D eigenvalue weighted by Gasteiger charge is -2.39. The van der Waals surface area contributed by atoms with Gasteiger partial charge in [-0.2, -0.15) is 5.26 Å². The van der Waals surface area contributed by atoms with E-state index >= 15 is 4.39 Å². The Morgan fingerprint density at radius 3 is 2.30 bits per heavy atom. The topological polar surface area (TPSA) is 127 Å². The number of hydrogen-bond acceptors (Lipinski definition) is 9. The van der Waals surface area contributed by atoms with Gasteiger partial charge in [-0.1, -0.05) is 49.2 Å². The summed E-state index contributed by atoms with van der Waals surface area (Å²) >= 11 is 1.34. The van der Waals surface area contributed by atoms with Crippen LogP contribution in [0.1, 0.15) is 99.4 Å². The van der Waals surface area contributed by atoms with Crippen LogP contribution in [0.5, 0.6) is 11.5 Å². The van der Waals surface area contributed by atoms with Gasteiger partial charge in [-0.15, -0.1) is 11.3 Å². The lowest BCUT2D eigenvalue weighted by atomic mass is 9.96. The monoisotopic (exact) mass is 795 g/mol. The summed E-state index contributed by atoms with van der Waals surface area (Å²) in [5, 5.41) is 12.4. The first-order valence-electron chi connectivity index (χ1n) is 19.6. The van der Waals surface area contributed by atoms with Gasteiger partial charge in [-0.25, -0.2) is 9.18 Å². The fourth-order valence-electron chi connectivity index (χ4n) is 7.55. The summed E-state index contributed by atoms with van der Waals surface area (Å²) in [7, 11) is 1.40. The number of carbonyl (C=O) groups excluding carboxylic acids is 3. The van der Waals surface area contributed by atoms with Crippen molar-refractivity contribution in [3.05, 3.63) is 94.6 Å². The van der Waals surface area contributed by atoms with Gasteiger partial charge in [-0.3, -0.25) is 9.59 Å². The molecular formula is C45H50FN3O7S. The zero-order chi connectivity index (χ0) is 40.5. The van der Waals surface area contributed by atoms with E-state index in [4.69, 9.17) is 18.9 Å². The van der Waals surface area contributed by atoms with E-state index in [-0.39, 0.29) is 35.6 Å². The first-order chi connectivity index (χ1) is 27.4. The van der Waals surface area contributed by atoms with Gasteiger partial charge in [0, 0.05) is 35.0 Å². The summed E-state index contributed by atoms with van der Waals surface area (Å²) in [4.78, 5) is 41.7. The van der Waals surface area contributed by atoms with Crippen molar-refractivity contribution >= 4 is 29.3 Å². The van der Waals surface area contributed by atoms with E-state index in [0.29, 0.717) is 60.0 Å². The molecule has 0 radical (unpaired) electrons. The van der Waals surface area contributed by atoms with Crippen LogP contribution in [-0.2, 0) is 20.9 Å². The third-order valence-corrected chi connectivity index (χ3v) is 11.4. The highest BCUT2D eigenvalue weighted by molar-refractivity contribution is 7.18. The molecule has 2 fully saturated rings. The zero-order valence-electron chi connectivity index (χ0n) is 33.0. The molecule has 2 saturated heterocycles. The molecule has 3 aromatic carbocycles. The molecule has 1 N–H and O–H groups in total. The Hall–Kier alpha value is -5.41. The van der Waals surface area contributed by atoms with Crippen LogP contribution in [-0.4, -0.2) is 60.3 Å². The highest BCUT2D eigenvalue weighted by atomic mass is 32.1. The number of thiophene rings is 1. The fraction of sp³-hybridized carbons (Fsp3) is 0.422. The van der Waals surface area contributed by atoms with Crippen molar-refractivity contribution in [2.24, 2.45) is 0 Å². The Morgan fingerprint density at radius 2 is 1.61 bits per heavy atom. The number of nitrogens with one attached hydrogen (secondary N) is 1. The van der Waals surface area contributed by atoms with Gasteiger partial charge >= 0.3 is 12.1 Å². The maximum absolute atomic E-state index is 15.1. The summed E-state index contributed by atoms with van der Waals surface area (Å²) in [6.07, 6.45) is 6.21. The van der Waals surface area contributed by atoms with Crippen LogP contribution in [0.2, 0.25) is 0 Å². The number of fused-ring (bicyclic) bond motifs is 2. The van der Waals surface area contributed by atoms with Gasteiger partial charge in [-0.05, 0) is 112 Å². The van der Waals surface area contributed by atoms with Crippen molar-refractivity contribution in [3.63, 3.8) is 0 Å². The number of nitrogens with zero attached hydrogens (tertiary/aromatic N) is 2. The van der Waals surface area contributed by atoms with Crippen LogP contribution in [0, 0.1) is 17.1 Å². The summed E-state index contributed by atoms with van der Waals surface area (Å²) in [5.41, 5.74) is 2.28. The van der Waals surface area contributed by atoms with Gasteiger partial charge in [0.2, 0.25) is 0 Å². The van der Waals surface area contributed by atoms with E-state index in [1.807, 2.05) is 86.3 Å². The zero-order valence-corrected chi connectivity index (χ0v) is 33.8. The third-order valence-electron chi connectivity index (χ3n) is 10.2. The number of amides is 2. The number of benzene rings is 3. The second-order valence-electron chi connectivity index (χ2n) is 15.6. The van der Waals surface area contributed by atoms with Gasteiger partial charge < -0.3 is 29.2 Å². The van der Waals surface area contributed by atoms with E-state index in [2.05, 4.69) is 5.32 Å². The first kappa shape index (κ1) is 41.2. The van der Waals surface area contributed by atoms with Gasteiger partial charge in [0.05, 0.1) is 24.2 Å². The predicted molar refractivity (Wildman–Crippen MR) is 217 cm³/mol. The van der Waals surface area contributed by atoms with Crippen molar-refractivity contribution in [3.8, 4) is 39.1 Å². The maximum Gasteiger partial charge on any atom is 0.407 e. The Balaban J connectivity index is 1.27. The molecule has 2 aliphatic rings. The van der Waals surface area contributed by atoms with E-state index in [9.17, 15) is 19.6 Å². The molecule has 1 aromatic heterocycles. The molecule has 3 heterocycles. The molecule has 2 amide bonds. The minimum Gasteiger partial charge on any atom is -0.490 e. The third kappa shape index (κ3) is 10.7. The lowest BCUT2D eigenvalue weighted by Crippen LogP contribution is -2.52. The van der Waals surface area contributed by atoms with Gasteiger partial charge in [0.25, 0.3) is 5.91 Å².